The zero-order valence-electron chi connectivity index (χ0n) is 15.3. The lowest BCUT2D eigenvalue weighted by Crippen LogP contribution is -2.15. The Morgan fingerprint density at radius 3 is 2.48 bits per heavy atom. The second-order valence-electron chi connectivity index (χ2n) is 6.10. The van der Waals surface area contributed by atoms with Crippen molar-refractivity contribution in [2.45, 2.75) is 6.92 Å². The molecule has 2 N–H and O–H groups in total. The van der Waals surface area contributed by atoms with E-state index in [0.29, 0.717) is 23.0 Å². The lowest BCUT2D eigenvalue weighted by atomic mass is 10.1. The fourth-order valence-corrected chi connectivity index (χ4v) is 2.45. The molecular formula is C21H16F2N4O2. The fourth-order valence-electron chi connectivity index (χ4n) is 2.45. The van der Waals surface area contributed by atoms with E-state index < -0.39 is 17.5 Å². The van der Waals surface area contributed by atoms with Crippen LogP contribution >= 0.6 is 0 Å². The van der Waals surface area contributed by atoms with Crippen LogP contribution in [0.25, 0.3) is 6.08 Å². The highest BCUT2D eigenvalue weighted by Gasteiger charge is 2.13. The van der Waals surface area contributed by atoms with E-state index in [9.17, 15) is 18.4 Å². The van der Waals surface area contributed by atoms with E-state index in [1.807, 2.05) is 0 Å². The smallest absolute Gasteiger partial charge is 0.258 e. The van der Waals surface area contributed by atoms with Gasteiger partial charge in [0.15, 0.2) is 0 Å². The van der Waals surface area contributed by atoms with Crippen molar-refractivity contribution in [2.24, 2.45) is 0 Å². The summed E-state index contributed by atoms with van der Waals surface area (Å²) in [4.78, 5) is 32.1. The van der Waals surface area contributed by atoms with E-state index in [-0.39, 0.29) is 11.5 Å². The molecule has 2 aromatic carbocycles. The number of benzene rings is 2. The van der Waals surface area contributed by atoms with Gasteiger partial charge in [-0.05, 0) is 42.8 Å². The van der Waals surface area contributed by atoms with Gasteiger partial charge in [0.25, 0.3) is 5.91 Å². The van der Waals surface area contributed by atoms with Gasteiger partial charge < -0.3 is 10.6 Å². The number of hydrogen-bond donors (Lipinski definition) is 2. The van der Waals surface area contributed by atoms with E-state index in [4.69, 9.17) is 0 Å². The maximum Gasteiger partial charge on any atom is 0.258 e. The third kappa shape index (κ3) is 5.29. The molecule has 146 valence electrons. The van der Waals surface area contributed by atoms with Gasteiger partial charge in [0.1, 0.15) is 18.0 Å². The van der Waals surface area contributed by atoms with Gasteiger partial charge in [0.05, 0.1) is 5.56 Å². The van der Waals surface area contributed by atoms with E-state index in [1.165, 1.54) is 12.4 Å². The molecule has 3 rings (SSSR count). The number of carbonyl (C=O) groups is 2. The summed E-state index contributed by atoms with van der Waals surface area (Å²) >= 11 is 0. The molecule has 1 aromatic heterocycles. The maximum atomic E-state index is 13.8. The highest BCUT2D eigenvalue weighted by atomic mass is 19.1. The molecule has 0 fully saturated rings. The SMILES string of the molecule is Cc1ccc(NC(=O)c2ccc(F)cc2F)cc1NC(=O)/C=C/c1cncnc1. The van der Waals surface area contributed by atoms with E-state index >= 15 is 0 Å². The van der Waals surface area contributed by atoms with Crippen LogP contribution in [0.5, 0.6) is 0 Å². The van der Waals surface area contributed by atoms with E-state index in [0.717, 1.165) is 17.7 Å². The van der Waals surface area contributed by atoms with Crippen molar-refractivity contribution in [3.05, 3.63) is 89.5 Å². The first-order valence-corrected chi connectivity index (χ1v) is 8.53. The van der Waals surface area contributed by atoms with Crippen LogP contribution in [-0.2, 0) is 4.79 Å². The summed E-state index contributed by atoms with van der Waals surface area (Å²) in [6.45, 7) is 1.79. The zero-order valence-corrected chi connectivity index (χ0v) is 15.3. The van der Waals surface area contributed by atoms with Gasteiger partial charge in [0, 0.05) is 41.5 Å². The summed E-state index contributed by atoms with van der Waals surface area (Å²) in [6, 6.07) is 7.56. The molecule has 29 heavy (non-hydrogen) atoms. The largest absolute Gasteiger partial charge is 0.322 e. The summed E-state index contributed by atoms with van der Waals surface area (Å²) < 4.78 is 26.8. The number of anilines is 2. The number of amides is 2. The number of halogens is 2. The van der Waals surface area contributed by atoms with Gasteiger partial charge in [-0.1, -0.05) is 6.07 Å². The number of hydrogen-bond acceptors (Lipinski definition) is 4. The van der Waals surface area contributed by atoms with Gasteiger partial charge in [-0.15, -0.1) is 0 Å². The molecule has 1 heterocycles. The Hall–Kier alpha value is -3.94. The molecular weight excluding hydrogens is 378 g/mol. The highest BCUT2D eigenvalue weighted by Crippen LogP contribution is 2.21. The minimum atomic E-state index is -0.960. The molecule has 0 aliphatic heterocycles. The average Bonchev–Trinajstić information content (AvgIpc) is 2.69. The van der Waals surface area contributed by atoms with Crippen LogP contribution in [0, 0.1) is 18.6 Å². The maximum absolute atomic E-state index is 13.8. The first kappa shape index (κ1) is 19.8. The minimum Gasteiger partial charge on any atom is -0.322 e. The lowest BCUT2D eigenvalue weighted by molar-refractivity contribution is -0.111. The first-order chi connectivity index (χ1) is 13.9. The Morgan fingerprint density at radius 2 is 1.76 bits per heavy atom. The lowest BCUT2D eigenvalue weighted by Gasteiger charge is -2.11. The Bertz CT molecular complexity index is 1090. The number of nitrogens with one attached hydrogen (secondary N) is 2. The third-order valence-corrected chi connectivity index (χ3v) is 3.94. The molecule has 2 amide bonds. The Balaban J connectivity index is 1.71. The number of aryl methyl sites for hydroxylation is 1. The molecule has 0 saturated carbocycles. The normalized spacial score (nSPS) is 10.7. The second-order valence-corrected chi connectivity index (χ2v) is 6.10. The predicted molar refractivity (Wildman–Crippen MR) is 105 cm³/mol. The molecule has 3 aromatic rings. The third-order valence-electron chi connectivity index (χ3n) is 3.94. The Labute approximate surface area is 165 Å². The molecule has 0 atom stereocenters. The molecule has 0 aliphatic rings. The predicted octanol–water partition coefficient (Wildman–Crippen LogP) is 3.97. The molecule has 8 heteroatoms. The number of rotatable bonds is 5. The van der Waals surface area contributed by atoms with Crippen LogP contribution in [0.3, 0.4) is 0 Å². The quantitative estimate of drug-likeness (QED) is 0.642. The molecule has 0 aliphatic carbocycles. The fraction of sp³-hybridized carbons (Fsp3) is 0.0476. The van der Waals surface area contributed by atoms with E-state index in [2.05, 4.69) is 20.6 Å². The van der Waals surface area contributed by atoms with Crippen molar-refractivity contribution in [1.82, 2.24) is 9.97 Å². The molecule has 0 radical (unpaired) electrons. The van der Waals surface area contributed by atoms with Gasteiger partial charge >= 0.3 is 0 Å². The Morgan fingerprint density at radius 1 is 1.00 bits per heavy atom. The van der Waals surface area contributed by atoms with Crippen molar-refractivity contribution >= 4 is 29.3 Å². The van der Waals surface area contributed by atoms with E-state index in [1.54, 1.807) is 43.6 Å². The Kier molecular flexibility index (Phi) is 6.03. The summed E-state index contributed by atoms with van der Waals surface area (Å²) in [5, 5.41) is 5.24. The average molecular weight is 394 g/mol. The van der Waals surface area contributed by atoms with Crippen LogP contribution in [0.15, 0.2) is 61.2 Å². The molecule has 0 bridgehead atoms. The number of aromatic nitrogens is 2. The number of carbonyl (C=O) groups excluding carboxylic acids is 2. The summed E-state index contributed by atoms with van der Waals surface area (Å²) in [7, 11) is 0. The van der Waals surface area contributed by atoms with Crippen molar-refractivity contribution in [3.63, 3.8) is 0 Å². The summed E-state index contributed by atoms with van der Waals surface area (Å²) in [5.74, 6) is -2.84. The zero-order chi connectivity index (χ0) is 20.8. The monoisotopic (exact) mass is 394 g/mol. The summed E-state index contributed by atoms with van der Waals surface area (Å²) in [5.41, 5.74) is 1.97. The van der Waals surface area contributed by atoms with Crippen molar-refractivity contribution in [1.29, 1.82) is 0 Å². The molecule has 0 saturated heterocycles. The van der Waals surface area contributed by atoms with Gasteiger partial charge in [-0.25, -0.2) is 18.7 Å². The second kappa shape index (κ2) is 8.83. The number of nitrogens with zero attached hydrogens (tertiary/aromatic N) is 2. The van der Waals surface area contributed by atoms with Gasteiger partial charge in [-0.3, -0.25) is 9.59 Å². The topological polar surface area (TPSA) is 84.0 Å². The van der Waals surface area contributed by atoms with Crippen LogP contribution in [0.2, 0.25) is 0 Å². The van der Waals surface area contributed by atoms with Crippen LogP contribution in [0.4, 0.5) is 20.2 Å². The van der Waals surface area contributed by atoms with Crippen LogP contribution in [-0.4, -0.2) is 21.8 Å². The highest BCUT2D eigenvalue weighted by molar-refractivity contribution is 6.06. The van der Waals surface area contributed by atoms with Crippen molar-refractivity contribution < 1.29 is 18.4 Å². The van der Waals surface area contributed by atoms with Gasteiger partial charge in [0.2, 0.25) is 5.91 Å². The molecule has 0 unspecified atom stereocenters. The minimum absolute atomic E-state index is 0.287. The van der Waals surface area contributed by atoms with Crippen LogP contribution in [0.1, 0.15) is 21.5 Å². The van der Waals surface area contributed by atoms with Crippen molar-refractivity contribution in [3.8, 4) is 0 Å². The molecule has 0 spiro atoms. The van der Waals surface area contributed by atoms with Crippen LogP contribution < -0.4 is 10.6 Å². The summed E-state index contributed by atoms with van der Waals surface area (Å²) in [6.07, 6.45) is 7.41. The first-order valence-electron chi connectivity index (χ1n) is 8.53. The van der Waals surface area contributed by atoms with Gasteiger partial charge in [-0.2, -0.15) is 0 Å². The standard InChI is InChI=1S/C21H16F2N4O2/c1-13-2-5-16(26-21(29)17-6-4-15(22)8-18(17)23)9-19(13)27-20(28)7-3-14-10-24-12-25-11-14/h2-12H,1H3,(H,26,29)(H,27,28)/b7-3+. The molecule has 6 nitrogen and oxygen atoms in total. The van der Waals surface area contributed by atoms with Crippen molar-refractivity contribution in [2.75, 3.05) is 10.6 Å².